The summed E-state index contributed by atoms with van der Waals surface area (Å²) in [6, 6.07) is 9.64. The third-order valence-electron chi connectivity index (χ3n) is 2.79. The van der Waals surface area contributed by atoms with Crippen molar-refractivity contribution in [1.82, 2.24) is 10.3 Å². The van der Waals surface area contributed by atoms with Gasteiger partial charge < -0.3 is 15.0 Å². The molecule has 0 atom stereocenters. The number of amides is 1. The summed E-state index contributed by atoms with van der Waals surface area (Å²) in [6.07, 6.45) is 4.62. The first kappa shape index (κ1) is 13.2. The first-order chi connectivity index (χ1) is 9.24. The summed E-state index contributed by atoms with van der Waals surface area (Å²) in [7, 11) is 0. The van der Waals surface area contributed by atoms with E-state index in [0.717, 1.165) is 6.42 Å². The van der Waals surface area contributed by atoms with Crippen LogP contribution in [0.1, 0.15) is 11.1 Å². The standard InChI is InChI=1S/C15H18N2O2/c1-12-2-4-14(5-3-12)19-11-15(18)17-9-7-13-6-8-16-10-13/h2-6,8,10,16H,7,9,11H2,1H3,(H,17,18). The summed E-state index contributed by atoms with van der Waals surface area (Å²) >= 11 is 0. The number of hydrogen-bond acceptors (Lipinski definition) is 2. The van der Waals surface area contributed by atoms with Crippen LogP contribution in [0.25, 0.3) is 0 Å². The monoisotopic (exact) mass is 258 g/mol. The molecule has 2 N–H and O–H groups in total. The van der Waals surface area contributed by atoms with Crippen LogP contribution >= 0.6 is 0 Å². The summed E-state index contributed by atoms with van der Waals surface area (Å²) in [6.45, 7) is 2.68. The molecule has 2 rings (SSSR count). The first-order valence-corrected chi connectivity index (χ1v) is 6.32. The summed E-state index contributed by atoms with van der Waals surface area (Å²) in [5.41, 5.74) is 2.35. The van der Waals surface area contributed by atoms with Crippen LogP contribution < -0.4 is 10.1 Å². The van der Waals surface area contributed by atoms with Gasteiger partial charge in [-0.2, -0.15) is 0 Å². The molecule has 0 unspecified atom stereocenters. The number of aromatic amines is 1. The number of benzene rings is 1. The number of aryl methyl sites for hydroxylation is 1. The maximum absolute atomic E-state index is 11.6. The van der Waals surface area contributed by atoms with Crippen molar-refractivity contribution in [3.63, 3.8) is 0 Å². The molecule has 0 spiro atoms. The second-order valence-corrected chi connectivity index (χ2v) is 4.42. The van der Waals surface area contributed by atoms with Crippen LogP contribution in [-0.4, -0.2) is 24.0 Å². The van der Waals surface area contributed by atoms with E-state index < -0.39 is 0 Å². The molecule has 4 nitrogen and oxygen atoms in total. The number of rotatable bonds is 6. The van der Waals surface area contributed by atoms with E-state index >= 15 is 0 Å². The number of carbonyl (C=O) groups excluding carboxylic acids is 1. The van der Waals surface area contributed by atoms with Gasteiger partial charge in [0.1, 0.15) is 5.75 Å². The largest absolute Gasteiger partial charge is 0.484 e. The van der Waals surface area contributed by atoms with E-state index in [-0.39, 0.29) is 12.5 Å². The minimum atomic E-state index is -0.101. The highest BCUT2D eigenvalue weighted by Crippen LogP contribution is 2.10. The molecule has 0 radical (unpaired) electrons. The lowest BCUT2D eigenvalue weighted by atomic mass is 10.2. The third kappa shape index (κ3) is 4.50. The Balaban J connectivity index is 1.65. The van der Waals surface area contributed by atoms with Gasteiger partial charge >= 0.3 is 0 Å². The van der Waals surface area contributed by atoms with E-state index in [9.17, 15) is 4.79 Å². The number of nitrogens with one attached hydrogen (secondary N) is 2. The van der Waals surface area contributed by atoms with Crippen LogP contribution in [0, 0.1) is 6.92 Å². The Morgan fingerprint density at radius 3 is 2.74 bits per heavy atom. The molecule has 19 heavy (non-hydrogen) atoms. The van der Waals surface area contributed by atoms with Gasteiger partial charge in [-0.25, -0.2) is 0 Å². The van der Waals surface area contributed by atoms with Crippen LogP contribution in [0.15, 0.2) is 42.7 Å². The molecule has 1 amide bonds. The van der Waals surface area contributed by atoms with Gasteiger partial charge in [0.15, 0.2) is 6.61 Å². The maximum atomic E-state index is 11.6. The molecule has 2 aromatic rings. The molecule has 0 bridgehead atoms. The highest BCUT2D eigenvalue weighted by atomic mass is 16.5. The molecule has 0 aliphatic heterocycles. The van der Waals surface area contributed by atoms with Crippen LogP contribution in [0.5, 0.6) is 5.75 Å². The Hall–Kier alpha value is -2.23. The quantitative estimate of drug-likeness (QED) is 0.833. The first-order valence-electron chi connectivity index (χ1n) is 6.32. The van der Waals surface area contributed by atoms with Crippen molar-refractivity contribution in [3.05, 3.63) is 53.9 Å². The van der Waals surface area contributed by atoms with E-state index in [1.165, 1.54) is 11.1 Å². The molecule has 100 valence electrons. The minimum absolute atomic E-state index is 0.0518. The van der Waals surface area contributed by atoms with E-state index in [1.807, 2.05) is 49.6 Å². The minimum Gasteiger partial charge on any atom is -0.484 e. The van der Waals surface area contributed by atoms with Crippen molar-refractivity contribution in [2.45, 2.75) is 13.3 Å². The highest BCUT2D eigenvalue weighted by molar-refractivity contribution is 5.77. The molecule has 4 heteroatoms. The molecular weight excluding hydrogens is 240 g/mol. The molecule has 1 aromatic carbocycles. The van der Waals surface area contributed by atoms with Crippen molar-refractivity contribution in [3.8, 4) is 5.75 Å². The van der Waals surface area contributed by atoms with Gasteiger partial charge in [-0.1, -0.05) is 17.7 Å². The lowest BCUT2D eigenvalue weighted by molar-refractivity contribution is -0.123. The van der Waals surface area contributed by atoms with Gasteiger partial charge in [0.25, 0.3) is 5.91 Å². The van der Waals surface area contributed by atoms with Crippen molar-refractivity contribution in [1.29, 1.82) is 0 Å². The van der Waals surface area contributed by atoms with E-state index in [1.54, 1.807) is 0 Å². The zero-order valence-electron chi connectivity index (χ0n) is 11.0. The molecular formula is C15H18N2O2. The topological polar surface area (TPSA) is 54.1 Å². The van der Waals surface area contributed by atoms with E-state index in [4.69, 9.17) is 4.74 Å². The molecule has 1 heterocycles. The van der Waals surface area contributed by atoms with Crippen molar-refractivity contribution in [2.75, 3.05) is 13.2 Å². The molecule has 0 saturated heterocycles. The molecule has 0 aliphatic rings. The fourth-order valence-electron chi connectivity index (χ4n) is 1.69. The predicted molar refractivity (Wildman–Crippen MR) is 74.2 cm³/mol. The van der Waals surface area contributed by atoms with Crippen LogP contribution in [0.3, 0.4) is 0 Å². The molecule has 0 saturated carbocycles. The highest BCUT2D eigenvalue weighted by Gasteiger charge is 2.02. The zero-order valence-corrected chi connectivity index (χ0v) is 11.0. The fraction of sp³-hybridized carbons (Fsp3) is 0.267. The van der Waals surface area contributed by atoms with Gasteiger partial charge in [-0.15, -0.1) is 0 Å². The van der Waals surface area contributed by atoms with Crippen LogP contribution in [0.4, 0.5) is 0 Å². The predicted octanol–water partition coefficient (Wildman–Crippen LogP) is 2.06. The summed E-state index contributed by atoms with van der Waals surface area (Å²) in [4.78, 5) is 14.5. The van der Waals surface area contributed by atoms with Gasteiger partial charge in [0, 0.05) is 18.9 Å². The van der Waals surface area contributed by atoms with Gasteiger partial charge in [0.2, 0.25) is 0 Å². The number of aromatic nitrogens is 1. The normalized spacial score (nSPS) is 10.2. The van der Waals surface area contributed by atoms with Gasteiger partial charge in [-0.05, 0) is 37.1 Å². The lowest BCUT2D eigenvalue weighted by Gasteiger charge is -2.07. The fourth-order valence-corrected chi connectivity index (χ4v) is 1.69. The Labute approximate surface area is 112 Å². The lowest BCUT2D eigenvalue weighted by Crippen LogP contribution is -2.30. The molecule has 0 aliphatic carbocycles. The number of H-pyrrole nitrogens is 1. The molecule has 0 fully saturated rings. The van der Waals surface area contributed by atoms with Crippen molar-refractivity contribution in [2.24, 2.45) is 0 Å². The average molecular weight is 258 g/mol. The van der Waals surface area contributed by atoms with Crippen LogP contribution in [-0.2, 0) is 11.2 Å². The Morgan fingerprint density at radius 2 is 2.05 bits per heavy atom. The zero-order chi connectivity index (χ0) is 13.5. The smallest absolute Gasteiger partial charge is 0.257 e. The third-order valence-corrected chi connectivity index (χ3v) is 2.79. The number of hydrogen-bond donors (Lipinski definition) is 2. The second kappa shape index (κ2) is 6.64. The van der Waals surface area contributed by atoms with Gasteiger partial charge in [0.05, 0.1) is 0 Å². The Kier molecular flexibility index (Phi) is 4.61. The SMILES string of the molecule is Cc1ccc(OCC(=O)NCCc2cc[nH]c2)cc1. The summed E-state index contributed by atoms with van der Waals surface area (Å²) < 4.78 is 5.39. The Bertz CT molecular complexity index is 503. The second-order valence-electron chi connectivity index (χ2n) is 4.42. The van der Waals surface area contributed by atoms with E-state index in [0.29, 0.717) is 12.3 Å². The maximum Gasteiger partial charge on any atom is 0.257 e. The molecule has 1 aromatic heterocycles. The van der Waals surface area contributed by atoms with Gasteiger partial charge in [-0.3, -0.25) is 4.79 Å². The number of carbonyl (C=O) groups is 1. The van der Waals surface area contributed by atoms with Crippen molar-refractivity contribution < 1.29 is 9.53 Å². The summed E-state index contributed by atoms with van der Waals surface area (Å²) in [5, 5.41) is 2.82. The number of ether oxygens (including phenoxy) is 1. The van der Waals surface area contributed by atoms with Crippen molar-refractivity contribution >= 4 is 5.91 Å². The summed E-state index contributed by atoms with van der Waals surface area (Å²) in [5.74, 6) is 0.613. The van der Waals surface area contributed by atoms with Crippen LogP contribution in [0.2, 0.25) is 0 Å². The average Bonchev–Trinajstić information content (AvgIpc) is 2.91. The van der Waals surface area contributed by atoms with E-state index in [2.05, 4.69) is 10.3 Å². The Morgan fingerprint density at radius 1 is 1.26 bits per heavy atom.